The van der Waals surface area contributed by atoms with Gasteiger partial charge in [-0.05, 0) is 12.0 Å². The summed E-state index contributed by atoms with van der Waals surface area (Å²) in [5, 5.41) is 8.61. The molecule has 0 heterocycles. The number of nitrogens with zero attached hydrogens (tertiary/aromatic N) is 1. The van der Waals surface area contributed by atoms with E-state index in [1.54, 1.807) is 12.1 Å². The molecule has 0 atom stereocenters. The molecule has 1 nitrogen and oxygen atoms in total. The van der Waals surface area contributed by atoms with Crippen LogP contribution < -0.4 is 5.46 Å². The van der Waals surface area contributed by atoms with Gasteiger partial charge in [-0.2, -0.15) is 5.26 Å². The van der Waals surface area contributed by atoms with Crippen LogP contribution in [-0.2, 0) is 6.42 Å². The molecule has 0 saturated heterocycles. The average Bonchev–Trinajstić information content (AvgIpc) is 2.09. The Morgan fingerprint density at radius 1 is 1.58 bits per heavy atom. The molecule has 1 aromatic rings. The Kier molecular flexibility index (Phi) is 2.49. The lowest BCUT2D eigenvalue weighted by molar-refractivity contribution is 0.630. The van der Waals surface area contributed by atoms with Gasteiger partial charge in [-0.1, -0.05) is 24.5 Å². The molecule has 0 fully saturated rings. The van der Waals surface area contributed by atoms with Gasteiger partial charge in [0.05, 0.1) is 5.56 Å². The second-order valence-corrected chi connectivity index (χ2v) is 2.47. The highest BCUT2D eigenvalue weighted by molar-refractivity contribution is 6.32. The summed E-state index contributed by atoms with van der Waals surface area (Å²) >= 11 is 0. The molecule has 0 saturated carbocycles. The lowest BCUT2D eigenvalue weighted by Crippen LogP contribution is -2.11. The van der Waals surface area contributed by atoms with Gasteiger partial charge in [0.1, 0.15) is 19.7 Å². The van der Waals surface area contributed by atoms with Gasteiger partial charge in [0.25, 0.3) is 0 Å². The van der Waals surface area contributed by atoms with Crippen molar-refractivity contribution in [3.8, 4) is 6.07 Å². The zero-order valence-electron chi connectivity index (χ0n) is 6.76. The van der Waals surface area contributed by atoms with E-state index in [2.05, 4.69) is 0 Å². The number of nitriles is 1. The summed E-state index contributed by atoms with van der Waals surface area (Å²) in [6.45, 7) is 1.87. The minimum absolute atomic E-state index is 0.0313. The lowest BCUT2D eigenvalue weighted by Gasteiger charge is -2.03. The molecular formula is C9H7BFN. The van der Waals surface area contributed by atoms with Crippen molar-refractivity contribution in [1.82, 2.24) is 0 Å². The van der Waals surface area contributed by atoms with Crippen LogP contribution in [0.5, 0.6) is 0 Å². The maximum absolute atomic E-state index is 13.1. The molecule has 0 spiro atoms. The number of halogens is 1. The molecule has 0 N–H and O–H groups in total. The summed E-state index contributed by atoms with van der Waals surface area (Å²) in [5.41, 5.74) is 0.797. The molecule has 3 heteroatoms. The monoisotopic (exact) mass is 159 g/mol. The normalized spacial score (nSPS) is 9.42. The van der Waals surface area contributed by atoms with Crippen LogP contribution >= 0.6 is 0 Å². The van der Waals surface area contributed by atoms with Crippen LogP contribution in [0.15, 0.2) is 12.1 Å². The molecule has 12 heavy (non-hydrogen) atoms. The van der Waals surface area contributed by atoms with Crippen molar-refractivity contribution in [3.63, 3.8) is 0 Å². The largest absolute Gasteiger partial charge is 0.206 e. The van der Waals surface area contributed by atoms with E-state index < -0.39 is 5.82 Å². The fourth-order valence-electron chi connectivity index (χ4n) is 1.05. The van der Waals surface area contributed by atoms with Gasteiger partial charge in [0.2, 0.25) is 0 Å². The Labute approximate surface area is 72.2 Å². The van der Waals surface area contributed by atoms with E-state index >= 15 is 0 Å². The highest BCUT2D eigenvalue weighted by atomic mass is 19.1. The summed E-state index contributed by atoms with van der Waals surface area (Å²) in [5.74, 6) is -0.600. The quantitative estimate of drug-likeness (QED) is 0.562. The summed E-state index contributed by atoms with van der Waals surface area (Å²) in [7, 11) is 5.29. The molecule has 0 aliphatic carbocycles. The molecule has 0 amide bonds. The van der Waals surface area contributed by atoms with Crippen molar-refractivity contribution in [2.75, 3.05) is 0 Å². The molecule has 1 rings (SSSR count). The van der Waals surface area contributed by atoms with E-state index in [9.17, 15) is 4.39 Å². The minimum atomic E-state index is -0.600. The van der Waals surface area contributed by atoms with E-state index in [0.717, 1.165) is 0 Å². The van der Waals surface area contributed by atoms with Gasteiger partial charge in [-0.3, -0.25) is 0 Å². The van der Waals surface area contributed by atoms with Crippen LogP contribution in [0.3, 0.4) is 0 Å². The fourth-order valence-corrected chi connectivity index (χ4v) is 1.05. The van der Waals surface area contributed by atoms with Gasteiger partial charge in [-0.25, -0.2) is 4.39 Å². The summed E-state index contributed by atoms with van der Waals surface area (Å²) < 4.78 is 13.1. The first-order valence-electron chi connectivity index (χ1n) is 3.67. The molecule has 58 valence electrons. The number of aryl methyl sites for hydroxylation is 1. The Morgan fingerprint density at radius 3 is 2.75 bits per heavy atom. The van der Waals surface area contributed by atoms with Crippen molar-refractivity contribution in [2.45, 2.75) is 13.3 Å². The maximum atomic E-state index is 13.1. The fraction of sp³-hybridized carbons (Fsp3) is 0.222. The summed E-state index contributed by atoms with van der Waals surface area (Å²) in [6.07, 6.45) is 0.639. The van der Waals surface area contributed by atoms with Crippen LogP contribution in [0.4, 0.5) is 4.39 Å². The molecular weight excluding hydrogens is 152 g/mol. The first-order valence-corrected chi connectivity index (χ1v) is 3.67. The second kappa shape index (κ2) is 3.40. The van der Waals surface area contributed by atoms with E-state index in [4.69, 9.17) is 13.1 Å². The van der Waals surface area contributed by atoms with E-state index in [1.807, 2.05) is 6.92 Å². The predicted molar refractivity (Wildman–Crippen MR) is 45.9 cm³/mol. The van der Waals surface area contributed by atoms with Crippen molar-refractivity contribution in [2.24, 2.45) is 0 Å². The Hall–Kier alpha value is -1.30. The molecule has 0 aliphatic heterocycles. The Morgan fingerprint density at radius 2 is 2.25 bits per heavy atom. The molecule has 0 aliphatic rings. The second-order valence-electron chi connectivity index (χ2n) is 2.47. The standard InChI is InChI=1S/C9H7BFN/c1-2-6-3-4-8(10)9(11)7(6)5-12/h3-4H,2H2,1H3. The molecule has 2 radical (unpaired) electrons. The van der Waals surface area contributed by atoms with Gasteiger partial charge in [0.15, 0.2) is 0 Å². The molecule has 0 unspecified atom stereocenters. The van der Waals surface area contributed by atoms with Crippen molar-refractivity contribution in [3.05, 3.63) is 29.1 Å². The topological polar surface area (TPSA) is 23.8 Å². The molecule has 0 aromatic heterocycles. The highest BCUT2D eigenvalue weighted by Crippen LogP contribution is 2.10. The van der Waals surface area contributed by atoms with E-state index in [1.165, 1.54) is 6.07 Å². The number of benzene rings is 1. The molecule has 1 aromatic carbocycles. The van der Waals surface area contributed by atoms with E-state index in [0.29, 0.717) is 12.0 Å². The van der Waals surface area contributed by atoms with Gasteiger partial charge >= 0.3 is 0 Å². The van der Waals surface area contributed by atoms with E-state index in [-0.39, 0.29) is 11.0 Å². The number of hydrogen-bond donors (Lipinski definition) is 0. The van der Waals surface area contributed by atoms with Crippen LogP contribution in [0.2, 0.25) is 0 Å². The Bertz CT molecular complexity index is 341. The van der Waals surface area contributed by atoms with Crippen molar-refractivity contribution < 1.29 is 4.39 Å². The number of hydrogen-bond acceptors (Lipinski definition) is 1. The van der Waals surface area contributed by atoms with Crippen molar-refractivity contribution >= 4 is 13.3 Å². The minimum Gasteiger partial charge on any atom is -0.206 e. The lowest BCUT2D eigenvalue weighted by atomic mass is 9.91. The van der Waals surface area contributed by atoms with Gasteiger partial charge < -0.3 is 0 Å². The molecule has 0 bridgehead atoms. The maximum Gasteiger partial charge on any atom is 0.134 e. The highest BCUT2D eigenvalue weighted by Gasteiger charge is 2.07. The van der Waals surface area contributed by atoms with Crippen molar-refractivity contribution in [1.29, 1.82) is 5.26 Å². The summed E-state index contributed by atoms with van der Waals surface area (Å²) in [4.78, 5) is 0. The van der Waals surface area contributed by atoms with Crippen LogP contribution in [-0.4, -0.2) is 7.85 Å². The first-order chi connectivity index (χ1) is 5.70. The zero-order valence-corrected chi connectivity index (χ0v) is 6.76. The zero-order chi connectivity index (χ0) is 9.14. The van der Waals surface area contributed by atoms with Crippen LogP contribution in [0.1, 0.15) is 18.1 Å². The first kappa shape index (κ1) is 8.80. The number of rotatable bonds is 1. The Balaban J connectivity index is 3.38. The average molecular weight is 159 g/mol. The van der Waals surface area contributed by atoms with Crippen LogP contribution in [0.25, 0.3) is 0 Å². The third kappa shape index (κ3) is 1.33. The smallest absolute Gasteiger partial charge is 0.134 e. The summed E-state index contributed by atoms with van der Waals surface area (Å²) in [6, 6.07) is 4.96. The van der Waals surface area contributed by atoms with Gasteiger partial charge in [0, 0.05) is 0 Å². The third-order valence-corrected chi connectivity index (χ3v) is 1.75. The predicted octanol–water partition coefficient (Wildman–Crippen LogP) is 1.05. The van der Waals surface area contributed by atoms with Gasteiger partial charge in [-0.15, -0.1) is 0 Å². The third-order valence-electron chi connectivity index (χ3n) is 1.75. The SMILES string of the molecule is [B]c1ccc(CC)c(C#N)c1F. The van der Waals surface area contributed by atoms with Crippen LogP contribution in [0, 0.1) is 17.1 Å².